The zero-order valence-corrected chi connectivity index (χ0v) is 8.06. The van der Waals surface area contributed by atoms with E-state index < -0.39 is 0 Å². The van der Waals surface area contributed by atoms with Gasteiger partial charge in [0.05, 0.1) is 6.10 Å². The summed E-state index contributed by atoms with van der Waals surface area (Å²) in [5, 5.41) is 20.0. The summed E-state index contributed by atoms with van der Waals surface area (Å²) in [5.41, 5.74) is 0. The summed E-state index contributed by atoms with van der Waals surface area (Å²) in [6, 6.07) is 3.77. The van der Waals surface area contributed by atoms with Crippen molar-refractivity contribution in [3.8, 4) is 0 Å². The lowest BCUT2D eigenvalue weighted by Gasteiger charge is -2.31. The van der Waals surface area contributed by atoms with E-state index in [1.54, 1.807) is 6.20 Å². The molecule has 2 N–H and O–H groups in total. The van der Waals surface area contributed by atoms with E-state index in [1.165, 1.54) is 0 Å². The maximum Gasteiger partial charge on any atom is 0.148 e. The van der Waals surface area contributed by atoms with Crippen molar-refractivity contribution in [2.75, 3.05) is 11.9 Å². The van der Waals surface area contributed by atoms with Crippen LogP contribution >= 0.6 is 0 Å². The highest BCUT2D eigenvalue weighted by molar-refractivity contribution is 5.31. The van der Waals surface area contributed by atoms with Gasteiger partial charge in [0, 0.05) is 12.7 Å². The van der Waals surface area contributed by atoms with Crippen molar-refractivity contribution in [2.24, 2.45) is 5.92 Å². The first-order valence-corrected chi connectivity index (χ1v) is 5.04. The molecule has 0 radical (unpaired) electrons. The maximum absolute atomic E-state index is 9.09. The van der Waals surface area contributed by atoms with Crippen molar-refractivity contribution in [1.82, 2.24) is 10.2 Å². The monoisotopic (exact) mass is 193 g/mol. The molecule has 0 spiro atoms. The van der Waals surface area contributed by atoms with Gasteiger partial charge in [-0.2, -0.15) is 5.10 Å². The van der Waals surface area contributed by atoms with Crippen LogP contribution in [-0.2, 0) is 0 Å². The quantitative estimate of drug-likeness (QED) is 0.750. The van der Waals surface area contributed by atoms with Gasteiger partial charge in [0.25, 0.3) is 0 Å². The molecule has 1 saturated carbocycles. The van der Waals surface area contributed by atoms with Gasteiger partial charge in [0.1, 0.15) is 5.82 Å². The largest absolute Gasteiger partial charge is 0.393 e. The maximum atomic E-state index is 9.09. The van der Waals surface area contributed by atoms with Crippen molar-refractivity contribution >= 4 is 5.82 Å². The Morgan fingerprint density at radius 1 is 1.50 bits per heavy atom. The van der Waals surface area contributed by atoms with Crippen LogP contribution in [0, 0.1) is 5.92 Å². The van der Waals surface area contributed by atoms with Crippen molar-refractivity contribution in [2.45, 2.75) is 25.4 Å². The lowest BCUT2D eigenvalue weighted by molar-refractivity contribution is 0.0408. The van der Waals surface area contributed by atoms with E-state index in [0.717, 1.165) is 31.6 Å². The average molecular weight is 193 g/mol. The van der Waals surface area contributed by atoms with Gasteiger partial charge < -0.3 is 10.4 Å². The number of anilines is 1. The van der Waals surface area contributed by atoms with Gasteiger partial charge in [-0.25, -0.2) is 0 Å². The number of nitrogens with one attached hydrogen (secondary N) is 1. The van der Waals surface area contributed by atoms with Crippen molar-refractivity contribution in [1.29, 1.82) is 0 Å². The molecule has 0 saturated heterocycles. The number of rotatable bonds is 4. The number of hydrogen-bond acceptors (Lipinski definition) is 4. The number of aliphatic hydroxyl groups excluding tert-OH is 1. The fourth-order valence-electron chi connectivity index (χ4n) is 1.74. The number of aromatic nitrogens is 2. The molecule has 1 aromatic heterocycles. The molecular formula is C10H15N3O. The zero-order valence-electron chi connectivity index (χ0n) is 8.06. The van der Waals surface area contributed by atoms with Crippen LogP contribution in [0.3, 0.4) is 0 Å². The van der Waals surface area contributed by atoms with Gasteiger partial charge in [-0.15, -0.1) is 5.10 Å². The van der Waals surface area contributed by atoms with E-state index in [4.69, 9.17) is 5.11 Å². The fourth-order valence-corrected chi connectivity index (χ4v) is 1.74. The third-order valence-corrected chi connectivity index (χ3v) is 2.64. The van der Waals surface area contributed by atoms with Crippen LogP contribution in [0.5, 0.6) is 0 Å². The van der Waals surface area contributed by atoms with Gasteiger partial charge in [0.15, 0.2) is 0 Å². The molecule has 4 heteroatoms. The molecule has 0 bridgehead atoms. The van der Waals surface area contributed by atoms with Crippen LogP contribution in [0.15, 0.2) is 18.3 Å². The summed E-state index contributed by atoms with van der Waals surface area (Å²) in [6.07, 6.45) is 4.64. The number of nitrogens with zero attached hydrogens (tertiary/aromatic N) is 2. The predicted octanol–water partition coefficient (Wildman–Crippen LogP) is 1.05. The summed E-state index contributed by atoms with van der Waals surface area (Å²) in [5.74, 6) is 1.52. The zero-order chi connectivity index (χ0) is 9.80. The summed E-state index contributed by atoms with van der Waals surface area (Å²) < 4.78 is 0. The molecule has 0 unspecified atom stereocenters. The number of aliphatic hydroxyl groups is 1. The fraction of sp³-hybridized carbons (Fsp3) is 0.600. The minimum atomic E-state index is -0.0449. The van der Waals surface area contributed by atoms with E-state index in [0.29, 0.717) is 5.92 Å². The second-order valence-electron chi connectivity index (χ2n) is 3.82. The van der Waals surface area contributed by atoms with Crippen molar-refractivity contribution < 1.29 is 5.11 Å². The molecule has 0 aliphatic heterocycles. The molecular weight excluding hydrogens is 178 g/mol. The molecule has 1 heterocycles. The van der Waals surface area contributed by atoms with Gasteiger partial charge in [-0.05, 0) is 37.3 Å². The summed E-state index contributed by atoms with van der Waals surface area (Å²) >= 11 is 0. The van der Waals surface area contributed by atoms with Crippen LogP contribution in [0.4, 0.5) is 5.82 Å². The molecule has 14 heavy (non-hydrogen) atoms. The van der Waals surface area contributed by atoms with Crippen molar-refractivity contribution in [3.05, 3.63) is 18.3 Å². The standard InChI is InChI=1S/C10H15N3O/c14-9-6-8(7-9)3-5-11-10-2-1-4-12-13-10/h1-2,4,8-9,14H,3,5-7H2,(H,11,13). The molecule has 1 aliphatic carbocycles. The highest BCUT2D eigenvalue weighted by Crippen LogP contribution is 2.29. The minimum Gasteiger partial charge on any atom is -0.393 e. The Kier molecular flexibility index (Phi) is 2.93. The highest BCUT2D eigenvalue weighted by Gasteiger charge is 2.26. The van der Waals surface area contributed by atoms with Crippen LogP contribution in [0.2, 0.25) is 0 Å². The summed E-state index contributed by atoms with van der Waals surface area (Å²) in [4.78, 5) is 0. The number of hydrogen-bond donors (Lipinski definition) is 2. The molecule has 1 aliphatic rings. The smallest absolute Gasteiger partial charge is 0.148 e. The first-order valence-electron chi connectivity index (χ1n) is 5.04. The SMILES string of the molecule is OC1CC(CCNc2cccnn2)C1. The molecule has 4 nitrogen and oxygen atoms in total. The molecule has 76 valence electrons. The lowest BCUT2D eigenvalue weighted by Crippen LogP contribution is -2.29. The van der Waals surface area contributed by atoms with E-state index in [2.05, 4.69) is 15.5 Å². The van der Waals surface area contributed by atoms with E-state index in [-0.39, 0.29) is 6.10 Å². The third kappa shape index (κ3) is 2.42. The van der Waals surface area contributed by atoms with E-state index in [9.17, 15) is 0 Å². The van der Waals surface area contributed by atoms with Crippen LogP contribution in [0.25, 0.3) is 0 Å². The second-order valence-corrected chi connectivity index (χ2v) is 3.82. The minimum absolute atomic E-state index is 0.0449. The third-order valence-electron chi connectivity index (χ3n) is 2.64. The molecule has 0 aromatic carbocycles. The van der Waals surface area contributed by atoms with Gasteiger partial charge in [-0.1, -0.05) is 0 Å². The summed E-state index contributed by atoms with van der Waals surface area (Å²) in [7, 11) is 0. The second kappa shape index (κ2) is 4.37. The van der Waals surface area contributed by atoms with Gasteiger partial charge in [-0.3, -0.25) is 0 Å². The van der Waals surface area contributed by atoms with Gasteiger partial charge >= 0.3 is 0 Å². The predicted molar refractivity (Wildman–Crippen MR) is 53.9 cm³/mol. The Balaban J connectivity index is 1.64. The molecule has 0 atom stereocenters. The van der Waals surface area contributed by atoms with Crippen LogP contribution < -0.4 is 5.32 Å². The van der Waals surface area contributed by atoms with Crippen molar-refractivity contribution in [3.63, 3.8) is 0 Å². The Labute approximate surface area is 83.4 Å². The first-order chi connectivity index (χ1) is 6.84. The lowest BCUT2D eigenvalue weighted by atomic mass is 9.80. The van der Waals surface area contributed by atoms with Gasteiger partial charge in [0.2, 0.25) is 0 Å². The van der Waals surface area contributed by atoms with E-state index >= 15 is 0 Å². The first kappa shape index (κ1) is 9.40. The Morgan fingerprint density at radius 2 is 2.36 bits per heavy atom. The van der Waals surface area contributed by atoms with Crippen LogP contribution in [0.1, 0.15) is 19.3 Å². The Bertz CT molecular complexity index is 272. The van der Waals surface area contributed by atoms with Crippen LogP contribution in [-0.4, -0.2) is 28.0 Å². The Hall–Kier alpha value is -1.16. The molecule has 1 aromatic rings. The average Bonchev–Trinajstić information content (AvgIpc) is 2.17. The normalized spacial score (nSPS) is 25.5. The summed E-state index contributed by atoms with van der Waals surface area (Å²) in [6.45, 7) is 0.913. The highest BCUT2D eigenvalue weighted by atomic mass is 16.3. The molecule has 0 amide bonds. The Morgan fingerprint density at radius 3 is 3.00 bits per heavy atom. The van der Waals surface area contributed by atoms with E-state index in [1.807, 2.05) is 12.1 Å². The topological polar surface area (TPSA) is 58.0 Å². The molecule has 1 fully saturated rings. The molecule has 2 rings (SSSR count).